The number of hydrogen-bond donors (Lipinski definition) is 0. The third-order valence-electron chi connectivity index (χ3n) is 8.12. The maximum atomic E-state index is 9.23. The van der Waals surface area contributed by atoms with Crippen molar-refractivity contribution in [2.45, 2.75) is 40.0 Å². The zero-order valence-corrected chi connectivity index (χ0v) is 24.0. The fourth-order valence-corrected chi connectivity index (χ4v) is 6.90. The second-order valence-corrected chi connectivity index (χ2v) is 12.0. The lowest BCUT2D eigenvalue weighted by Crippen LogP contribution is -2.17. The number of pyridine rings is 1. The number of benzene rings is 3. The molecule has 2 heterocycles. The summed E-state index contributed by atoms with van der Waals surface area (Å²) in [5.41, 5.74) is 10.2. The van der Waals surface area contributed by atoms with Gasteiger partial charge in [-0.15, -0.1) is 11.3 Å². The average molecular weight is 537 g/mol. The van der Waals surface area contributed by atoms with E-state index < -0.39 is 0 Å². The van der Waals surface area contributed by atoms with E-state index in [1.165, 1.54) is 38.6 Å². The van der Waals surface area contributed by atoms with Crippen LogP contribution in [0.25, 0.3) is 32.3 Å². The SMILES string of the molecule is [C-]#[N+]/C(C#N)=C\c1cc2c(s1)-c1ncc(N(c3cc(C)c(C)c(C)c3)c3ccc4ccccc4c3)cc1C2(C)C. The summed E-state index contributed by atoms with van der Waals surface area (Å²) in [6, 6.07) is 25.9. The molecule has 0 aliphatic heterocycles. The highest BCUT2D eigenvalue weighted by Gasteiger charge is 2.39. The van der Waals surface area contributed by atoms with Gasteiger partial charge in [0.1, 0.15) is 0 Å². The van der Waals surface area contributed by atoms with Crippen LogP contribution in [0.2, 0.25) is 0 Å². The second-order valence-electron chi connectivity index (χ2n) is 10.9. The molecule has 0 N–H and O–H groups in total. The number of hydrogen-bond acceptors (Lipinski definition) is 4. The minimum absolute atomic E-state index is 0.0935. The van der Waals surface area contributed by atoms with Gasteiger partial charge in [0.15, 0.2) is 0 Å². The first-order chi connectivity index (χ1) is 19.2. The Morgan fingerprint density at radius 1 is 0.925 bits per heavy atom. The van der Waals surface area contributed by atoms with Crippen LogP contribution in [0, 0.1) is 38.7 Å². The lowest BCUT2D eigenvalue weighted by atomic mass is 9.83. The predicted octanol–water partition coefficient (Wildman–Crippen LogP) is 9.78. The molecule has 0 unspecified atom stereocenters. The van der Waals surface area contributed by atoms with Gasteiger partial charge in [-0.25, -0.2) is 10.1 Å². The van der Waals surface area contributed by atoms with Gasteiger partial charge in [-0.2, -0.15) is 0 Å². The molecule has 0 amide bonds. The molecule has 0 fully saturated rings. The largest absolute Gasteiger partial charge is 0.309 e. The van der Waals surface area contributed by atoms with Crippen LogP contribution < -0.4 is 4.90 Å². The molecule has 6 rings (SSSR count). The molecule has 3 aromatic carbocycles. The normalized spacial score (nSPS) is 13.4. The molecule has 40 heavy (non-hydrogen) atoms. The van der Waals surface area contributed by atoms with Crippen molar-refractivity contribution >= 4 is 45.2 Å². The number of allylic oxidation sites excluding steroid dienone is 1. The van der Waals surface area contributed by atoms with E-state index in [9.17, 15) is 5.26 Å². The summed E-state index contributed by atoms with van der Waals surface area (Å²) in [6.45, 7) is 18.2. The highest BCUT2D eigenvalue weighted by atomic mass is 32.1. The van der Waals surface area contributed by atoms with Gasteiger partial charge in [0.2, 0.25) is 0 Å². The lowest BCUT2D eigenvalue weighted by Gasteiger charge is -2.28. The van der Waals surface area contributed by atoms with E-state index in [-0.39, 0.29) is 11.1 Å². The molecule has 0 radical (unpaired) electrons. The Balaban J connectivity index is 1.53. The molecule has 0 atom stereocenters. The number of anilines is 3. The molecule has 0 saturated carbocycles. The summed E-state index contributed by atoms with van der Waals surface area (Å²) >= 11 is 1.59. The third-order valence-corrected chi connectivity index (χ3v) is 9.21. The van der Waals surface area contributed by atoms with Crippen molar-refractivity contribution in [1.29, 1.82) is 5.26 Å². The number of fused-ring (bicyclic) bond motifs is 4. The third kappa shape index (κ3) is 4.08. The summed E-state index contributed by atoms with van der Waals surface area (Å²) in [4.78, 5) is 12.7. The van der Waals surface area contributed by atoms with E-state index in [0.717, 1.165) is 32.5 Å². The van der Waals surface area contributed by atoms with Crippen LogP contribution in [0.1, 0.15) is 46.5 Å². The Morgan fingerprint density at radius 3 is 2.35 bits per heavy atom. The molecule has 1 aliphatic carbocycles. The number of aryl methyl sites for hydroxylation is 2. The molecule has 4 nitrogen and oxygen atoms in total. The molecule has 2 aromatic heterocycles. The van der Waals surface area contributed by atoms with Gasteiger partial charge in [0, 0.05) is 21.7 Å². The summed E-state index contributed by atoms with van der Waals surface area (Å²) in [5.74, 6) is 0. The van der Waals surface area contributed by atoms with E-state index in [2.05, 4.69) is 111 Å². The quantitative estimate of drug-likeness (QED) is 0.170. The minimum Gasteiger partial charge on any atom is -0.309 e. The monoisotopic (exact) mass is 536 g/mol. The number of aromatic nitrogens is 1. The van der Waals surface area contributed by atoms with Crippen molar-refractivity contribution in [3.8, 4) is 16.6 Å². The van der Waals surface area contributed by atoms with Crippen LogP contribution in [0.3, 0.4) is 0 Å². The van der Waals surface area contributed by atoms with Gasteiger partial charge in [-0.05, 0) is 102 Å². The number of thiophene rings is 1. The summed E-state index contributed by atoms with van der Waals surface area (Å²) in [5, 5.41) is 11.6. The predicted molar refractivity (Wildman–Crippen MR) is 166 cm³/mol. The van der Waals surface area contributed by atoms with Crippen LogP contribution >= 0.6 is 11.3 Å². The van der Waals surface area contributed by atoms with E-state index >= 15 is 0 Å². The van der Waals surface area contributed by atoms with Crippen LogP contribution in [-0.2, 0) is 5.41 Å². The zero-order valence-electron chi connectivity index (χ0n) is 23.2. The topological polar surface area (TPSA) is 44.3 Å². The van der Waals surface area contributed by atoms with Crippen LogP contribution in [0.5, 0.6) is 0 Å². The first-order valence-corrected chi connectivity index (χ1v) is 14.0. The summed E-state index contributed by atoms with van der Waals surface area (Å²) in [6.07, 6.45) is 3.64. The molecule has 0 saturated heterocycles. The van der Waals surface area contributed by atoms with Gasteiger partial charge < -0.3 is 4.90 Å². The van der Waals surface area contributed by atoms with E-state index in [4.69, 9.17) is 11.6 Å². The van der Waals surface area contributed by atoms with E-state index in [1.807, 2.05) is 12.3 Å². The smallest absolute Gasteiger partial charge is 0.263 e. The second kappa shape index (κ2) is 9.49. The van der Waals surface area contributed by atoms with Gasteiger partial charge in [0.25, 0.3) is 5.70 Å². The molecule has 5 aromatic rings. The standard InChI is InChI=1S/C35H28N4S/c1-21-13-28(14-22(2)23(21)3)39(27-12-11-24-9-7-8-10-25(24)15-27)29-17-31-33(38-20-29)34-32(35(31,4)5)18-30(40-34)16-26(19-36)37-6/h7-18,20H,1-5H3/b26-16-. The van der Waals surface area contributed by atoms with Crippen molar-refractivity contribution in [2.24, 2.45) is 0 Å². The Morgan fingerprint density at radius 2 is 1.65 bits per heavy atom. The highest BCUT2D eigenvalue weighted by molar-refractivity contribution is 7.16. The molecule has 0 spiro atoms. The highest BCUT2D eigenvalue weighted by Crippen LogP contribution is 2.53. The molecular weight excluding hydrogens is 508 g/mol. The molecule has 1 aliphatic rings. The summed E-state index contributed by atoms with van der Waals surface area (Å²) in [7, 11) is 0. The fraction of sp³-hybridized carbons (Fsp3) is 0.171. The van der Waals surface area contributed by atoms with Gasteiger partial charge in [-0.1, -0.05) is 44.2 Å². The van der Waals surface area contributed by atoms with Crippen molar-refractivity contribution in [3.05, 3.63) is 123 Å². The van der Waals surface area contributed by atoms with E-state index in [0.29, 0.717) is 0 Å². The van der Waals surface area contributed by atoms with Crippen molar-refractivity contribution < 1.29 is 0 Å². The van der Waals surface area contributed by atoms with Gasteiger partial charge in [0.05, 0.1) is 35.1 Å². The fourth-order valence-electron chi connectivity index (χ4n) is 5.63. The first-order valence-electron chi connectivity index (χ1n) is 13.2. The number of nitriles is 1. The number of rotatable bonds is 4. The van der Waals surface area contributed by atoms with Crippen molar-refractivity contribution in [3.63, 3.8) is 0 Å². The minimum atomic E-state index is -0.269. The maximum Gasteiger partial charge on any atom is 0.263 e. The molecule has 5 heteroatoms. The maximum absolute atomic E-state index is 9.23. The van der Waals surface area contributed by atoms with E-state index in [1.54, 1.807) is 17.4 Å². The van der Waals surface area contributed by atoms with Crippen LogP contribution in [-0.4, -0.2) is 4.98 Å². The lowest BCUT2D eigenvalue weighted by molar-refractivity contribution is 0.660. The Bertz CT molecular complexity index is 1910. The molecule has 194 valence electrons. The molecule has 0 bridgehead atoms. The zero-order chi connectivity index (χ0) is 28.2. The Labute approximate surface area is 239 Å². The van der Waals surface area contributed by atoms with Gasteiger partial charge >= 0.3 is 0 Å². The van der Waals surface area contributed by atoms with Crippen LogP contribution in [0.4, 0.5) is 17.1 Å². The van der Waals surface area contributed by atoms with Crippen molar-refractivity contribution in [2.75, 3.05) is 4.90 Å². The average Bonchev–Trinajstić information content (AvgIpc) is 3.46. The van der Waals surface area contributed by atoms with Crippen molar-refractivity contribution in [1.82, 2.24) is 4.98 Å². The number of nitrogens with zero attached hydrogens (tertiary/aromatic N) is 4. The Kier molecular flexibility index (Phi) is 6.06. The van der Waals surface area contributed by atoms with Gasteiger partial charge in [-0.3, -0.25) is 4.98 Å². The Hall–Kier alpha value is -4.71. The summed E-state index contributed by atoms with van der Waals surface area (Å²) < 4.78 is 0. The first kappa shape index (κ1) is 25.6. The van der Waals surface area contributed by atoms with Crippen LogP contribution in [0.15, 0.2) is 78.6 Å². The molecular formula is C35H28N4S.